The third-order valence-electron chi connectivity index (χ3n) is 2.08. The highest BCUT2D eigenvalue weighted by atomic mass is 35.5. The fraction of sp³-hybridized carbons (Fsp3) is 0.364. The molecule has 0 aliphatic rings. The molecule has 0 heterocycles. The minimum Gasteiger partial charge on any atom is -0.261 e. The largest absolute Gasteiger partial charge is 0.312 e. The van der Waals surface area contributed by atoms with Crippen molar-refractivity contribution in [2.75, 3.05) is 28.2 Å². The first-order valence-electron chi connectivity index (χ1n) is 5.16. The minimum absolute atomic E-state index is 0.0219. The Bertz CT molecular complexity index is 499. The van der Waals surface area contributed by atoms with E-state index in [-0.39, 0.29) is 5.69 Å². The lowest BCUT2D eigenvalue weighted by molar-refractivity contribution is -0.466. The van der Waals surface area contributed by atoms with Gasteiger partial charge in [0, 0.05) is 22.9 Å². The van der Waals surface area contributed by atoms with Crippen LogP contribution in [-0.2, 0) is 0 Å². The van der Waals surface area contributed by atoms with E-state index >= 15 is 0 Å². The summed E-state index contributed by atoms with van der Waals surface area (Å²) in [4.78, 5) is 13.0. The zero-order valence-corrected chi connectivity index (χ0v) is 12.2. The molecule has 18 heavy (non-hydrogen) atoms. The van der Waals surface area contributed by atoms with E-state index in [0.29, 0.717) is 9.92 Å². The normalized spacial score (nSPS) is 10.1. The SMILES string of the molecule is CN(C)C(Sc1ccc(Cl)cc1[N+](=O)[O-])=[N+](C)C. The predicted molar refractivity (Wildman–Crippen MR) is 74.8 cm³/mol. The maximum Gasteiger partial charge on any atom is 0.312 e. The Labute approximate surface area is 115 Å². The maximum absolute atomic E-state index is 11.0. The number of hydrogen-bond acceptors (Lipinski definition) is 3. The van der Waals surface area contributed by atoms with E-state index in [0.717, 1.165) is 5.17 Å². The first kappa shape index (κ1) is 14.8. The van der Waals surface area contributed by atoms with Crippen molar-refractivity contribution >= 4 is 34.2 Å². The standard InChI is InChI=1S/C11H15ClN3O2S/c1-13(2)11(14(3)4)18-10-6-5-8(12)7-9(10)15(16)17/h5-7H,1-4H3/q+1. The Hall–Kier alpha value is -1.27. The number of amidine groups is 1. The van der Waals surface area contributed by atoms with Crippen LogP contribution in [0.4, 0.5) is 5.69 Å². The quantitative estimate of drug-likeness (QED) is 0.210. The summed E-state index contributed by atoms with van der Waals surface area (Å²) >= 11 is 7.12. The van der Waals surface area contributed by atoms with Crippen molar-refractivity contribution in [3.05, 3.63) is 33.3 Å². The lowest BCUT2D eigenvalue weighted by atomic mass is 10.3. The molecule has 0 N–H and O–H groups in total. The minimum atomic E-state index is -0.419. The van der Waals surface area contributed by atoms with Crippen LogP contribution >= 0.6 is 23.4 Å². The first-order chi connectivity index (χ1) is 8.32. The van der Waals surface area contributed by atoms with Crippen molar-refractivity contribution < 1.29 is 9.50 Å². The number of hydrogen-bond donors (Lipinski definition) is 0. The molecule has 0 saturated heterocycles. The number of rotatable bonds is 2. The van der Waals surface area contributed by atoms with Gasteiger partial charge in [-0.25, -0.2) is 0 Å². The van der Waals surface area contributed by atoms with E-state index in [4.69, 9.17) is 11.6 Å². The smallest absolute Gasteiger partial charge is 0.261 e. The van der Waals surface area contributed by atoms with E-state index < -0.39 is 4.92 Å². The molecule has 0 aliphatic heterocycles. The summed E-state index contributed by atoms with van der Waals surface area (Å²) in [5, 5.41) is 12.3. The second-order valence-electron chi connectivity index (χ2n) is 4.04. The average Bonchev–Trinajstić information content (AvgIpc) is 2.25. The third-order valence-corrected chi connectivity index (χ3v) is 3.80. The summed E-state index contributed by atoms with van der Waals surface area (Å²) in [6, 6.07) is 4.69. The molecular weight excluding hydrogens is 274 g/mol. The summed E-state index contributed by atoms with van der Waals surface area (Å²) in [7, 11) is 7.57. The number of halogens is 1. The molecule has 7 heteroatoms. The maximum atomic E-state index is 11.0. The third kappa shape index (κ3) is 3.61. The van der Waals surface area contributed by atoms with Gasteiger partial charge < -0.3 is 0 Å². The Kier molecular flexibility index (Phi) is 4.98. The molecule has 1 rings (SSSR count). The molecule has 0 bridgehead atoms. The molecule has 5 nitrogen and oxygen atoms in total. The van der Waals surface area contributed by atoms with Gasteiger partial charge in [-0.05, 0) is 12.1 Å². The van der Waals surface area contributed by atoms with Crippen LogP contribution in [-0.4, -0.2) is 47.8 Å². The second kappa shape index (κ2) is 6.06. The Morgan fingerprint density at radius 3 is 2.44 bits per heavy atom. The highest BCUT2D eigenvalue weighted by Gasteiger charge is 2.21. The molecule has 0 saturated carbocycles. The van der Waals surface area contributed by atoms with E-state index in [1.165, 1.54) is 17.8 Å². The monoisotopic (exact) mass is 288 g/mol. The lowest BCUT2D eigenvalue weighted by Crippen LogP contribution is -2.26. The fourth-order valence-corrected chi connectivity index (χ4v) is 2.50. The first-order valence-corrected chi connectivity index (χ1v) is 6.35. The molecule has 0 aliphatic carbocycles. The second-order valence-corrected chi connectivity index (χ2v) is 5.49. The van der Waals surface area contributed by atoms with Gasteiger partial charge in [-0.15, -0.1) is 0 Å². The predicted octanol–water partition coefficient (Wildman–Crippen LogP) is 2.53. The van der Waals surface area contributed by atoms with Gasteiger partial charge >= 0.3 is 5.17 Å². The van der Waals surface area contributed by atoms with Crippen LogP contribution in [0.25, 0.3) is 0 Å². The Balaban J connectivity index is 3.19. The highest BCUT2D eigenvalue weighted by molar-refractivity contribution is 8.13. The molecular formula is C11H15ClN3O2S+. The molecule has 98 valence electrons. The van der Waals surface area contributed by atoms with Crippen LogP contribution < -0.4 is 0 Å². The van der Waals surface area contributed by atoms with Crippen LogP contribution in [0.3, 0.4) is 0 Å². The zero-order chi connectivity index (χ0) is 13.9. The van der Waals surface area contributed by atoms with Gasteiger partial charge in [0.1, 0.15) is 0 Å². The molecule has 0 fully saturated rings. The number of benzene rings is 1. The van der Waals surface area contributed by atoms with Gasteiger partial charge in [0.05, 0.1) is 38.0 Å². The van der Waals surface area contributed by atoms with Gasteiger partial charge in [-0.2, -0.15) is 0 Å². The van der Waals surface area contributed by atoms with Gasteiger partial charge in [0.2, 0.25) is 0 Å². The van der Waals surface area contributed by atoms with Crippen LogP contribution in [0.5, 0.6) is 0 Å². The molecule has 1 aromatic rings. The van der Waals surface area contributed by atoms with Crippen LogP contribution in [0.2, 0.25) is 5.02 Å². The number of nitro groups is 1. The van der Waals surface area contributed by atoms with E-state index in [2.05, 4.69) is 0 Å². The number of nitro benzene ring substituents is 1. The van der Waals surface area contributed by atoms with Gasteiger partial charge in [-0.3, -0.25) is 19.6 Å². The van der Waals surface area contributed by atoms with Crippen LogP contribution in [0, 0.1) is 10.1 Å². The molecule has 0 amide bonds. The van der Waals surface area contributed by atoms with Gasteiger partial charge in [0.25, 0.3) is 5.69 Å². The van der Waals surface area contributed by atoms with Crippen molar-refractivity contribution in [3.63, 3.8) is 0 Å². The topological polar surface area (TPSA) is 49.4 Å². The Morgan fingerprint density at radius 2 is 2.00 bits per heavy atom. The van der Waals surface area contributed by atoms with Crippen LogP contribution in [0.1, 0.15) is 0 Å². The van der Waals surface area contributed by atoms with Crippen molar-refractivity contribution in [1.82, 2.24) is 4.90 Å². The average molecular weight is 289 g/mol. The molecule has 0 atom stereocenters. The summed E-state index contributed by atoms with van der Waals surface area (Å²) in [5.74, 6) is 0. The summed E-state index contributed by atoms with van der Waals surface area (Å²) in [5.41, 5.74) is 0.0219. The molecule has 0 unspecified atom stereocenters. The van der Waals surface area contributed by atoms with Crippen molar-refractivity contribution in [2.24, 2.45) is 0 Å². The van der Waals surface area contributed by atoms with Crippen molar-refractivity contribution in [2.45, 2.75) is 4.90 Å². The summed E-state index contributed by atoms with van der Waals surface area (Å²) in [6.45, 7) is 0. The lowest BCUT2D eigenvalue weighted by Gasteiger charge is -2.10. The number of nitrogens with zero attached hydrogens (tertiary/aromatic N) is 3. The van der Waals surface area contributed by atoms with Crippen molar-refractivity contribution in [3.8, 4) is 0 Å². The van der Waals surface area contributed by atoms with Gasteiger partial charge in [0.15, 0.2) is 0 Å². The van der Waals surface area contributed by atoms with Gasteiger partial charge in [-0.1, -0.05) is 11.6 Å². The van der Waals surface area contributed by atoms with E-state index in [9.17, 15) is 10.1 Å². The summed E-state index contributed by atoms with van der Waals surface area (Å²) < 4.78 is 1.91. The molecule has 1 aromatic carbocycles. The van der Waals surface area contributed by atoms with Crippen LogP contribution in [0.15, 0.2) is 23.1 Å². The van der Waals surface area contributed by atoms with Crippen molar-refractivity contribution in [1.29, 1.82) is 0 Å². The molecule has 0 radical (unpaired) electrons. The Morgan fingerprint density at radius 1 is 1.39 bits per heavy atom. The number of thioether (sulfide) groups is 1. The zero-order valence-electron chi connectivity index (χ0n) is 10.7. The molecule has 0 spiro atoms. The highest BCUT2D eigenvalue weighted by Crippen LogP contribution is 2.32. The summed E-state index contributed by atoms with van der Waals surface area (Å²) in [6.07, 6.45) is 0. The fourth-order valence-electron chi connectivity index (χ4n) is 1.40. The van der Waals surface area contributed by atoms with E-state index in [1.807, 2.05) is 37.7 Å². The molecule has 0 aromatic heterocycles. The van der Waals surface area contributed by atoms with E-state index in [1.54, 1.807) is 12.1 Å².